The second kappa shape index (κ2) is 4.06. The first-order valence-corrected chi connectivity index (χ1v) is 4.22. The van der Waals surface area contributed by atoms with E-state index in [0.29, 0.717) is 5.56 Å². The lowest BCUT2D eigenvalue weighted by atomic mass is 10.1. The molecule has 14 heavy (non-hydrogen) atoms. The Morgan fingerprint density at radius 2 is 2.21 bits per heavy atom. The molecule has 1 amide bonds. The third-order valence-electron chi connectivity index (χ3n) is 1.71. The summed E-state index contributed by atoms with van der Waals surface area (Å²) in [7, 11) is 0. The summed E-state index contributed by atoms with van der Waals surface area (Å²) >= 11 is 5.52. The van der Waals surface area contributed by atoms with E-state index in [1.54, 1.807) is 0 Å². The van der Waals surface area contributed by atoms with Crippen LogP contribution in [0.25, 0.3) is 0 Å². The van der Waals surface area contributed by atoms with Crippen molar-refractivity contribution in [3.63, 3.8) is 0 Å². The molecular weight excluding hydrogens is 208 g/mol. The van der Waals surface area contributed by atoms with Crippen molar-refractivity contribution in [2.24, 2.45) is 5.73 Å². The van der Waals surface area contributed by atoms with Gasteiger partial charge in [-0.25, -0.2) is 0 Å². The number of non-ortho nitro benzene ring substituents is 1. The Labute approximate surface area is 84.6 Å². The molecule has 1 aromatic carbocycles. The van der Waals surface area contributed by atoms with Gasteiger partial charge in [0.2, 0.25) is 5.91 Å². The van der Waals surface area contributed by atoms with Crippen LogP contribution in [0.4, 0.5) is 5.69 Å². The summed E-state index contributed by atoms with van der Waals surface area (Å²) in [4.78, 5) is 20.7. The highest BCUT2D eigenvalue weighted by Gasteiger charge is 2.12. The number of nitro benzene ring substituents is 1. The van der Waals surface area contributed by atoms with Crippen molar-refractivity contribution < 1.29 is 9.72 Å². The molecule has 0 spiro atoms. The first-order chi connectivity index (χ1) is 6.56. The van der Waals surface area contributed by atoms with Gasteiger partial charge in [-0.1, -0.05) is 0 Å². The predicted molar refractivity (Wildman–Crippen MR) is 51.2 cm³/mol. The van der Waals surface area contributed by atoms with Crippen LogP contribution < -0.4 is 5.73 Å². The van der Waals surface area contributed by atoms with Crippen LogP contribution in [-0.4, -0.2) is 10.8 Å². The van der Waals surface area contributed by atoms with Crippen molar-refractivity contribution in [1.29, 1.82) is 0 Å². The number of halogens is 1. The summed E-state index contributed by atoms with van der Waals surface area (Å²) < 4.78 is 0. The highest BCUT2D eigenvalue weighted by molar-refractivity contribution is 6.17. The summed E-state index contributed by atoms with van der Waals surface area (Å²) in [6.45, 7) is 0. The van der Waals surface area contributed by atoms with Crippen LogP contribution in [0.3, 0.4) is 0 Å². The van der Waals surface area contributed by atoms with Gasteiger partial charge in [-0.3, -0.25) is 14.9 Å². The SMILES string of the molecule is NC(=O)c1ccc([N+](=O)[O-])cc1CCl. The van der Waals surface area contributed by atoms with Crippen LogP contribution in [-0.2, 0) is 5.88 Å². The number of carbonyl (C=O) groups is 1. The summed E-state index contributed by atoms with van der Waals surface area (Å²) in [5.41, 5.74) is 5.53. The monoisotopic (exact) mass is 214 g/mol. The molecule has 0 unspecified atom stereocenters. The van der Waals surface area contributed by atoms with E-state index in [-0.39, 0.29) is 17.1 Å². The van der Waals surface area contributed by atoms with Crippen LogP contribution in [0.1, 0.15) is 15.9 Å². The number of carbonyl (C=O) groups excluding carboxylic acids is 1. The van der Waals surface area contributed by atoms with E-state index >= 15 is 0 Å². The maximum Gasteiger partial charge on any atom is 0.269 e. The second-order valence-corrected chi connectivity index (χ2v) is 2.86. The fourth-order valence-electron chi connectivity index (χ4n) is 1.04. The summed E-state index contributed by atoms with van der Waals surface area (Å²) in [5.74, 6) is -0.629. The molecule has 0 bridgehead atoms. The van der Waals surface area contributed by atoms with E-state index < -0.39 is 10.8 Å². The van der Waals surface area contributed by atoms with Gasteiger partial charge < -0.3 is 5.73 Å². The lowest BCUT2D eigenvalue weighted by Crippen LogP contribution is -2.13. The Bertz CT molecular complexity index is 392. The molecule has 0 aliphatic carbocycles. The van der Waals surface area contributed by atoms with Crippen molar-refractivity contribution in [1.82, 2.24) is 0 Å². The number of nitro groups is 1. The predicted octanol–water partition coefficient (Wildman–Crippen LogP) is 1.43. The van der Waals surface area contributed by atoms with Gasteiger partial charge in [0, 0.05) is 23.6 Å². The molecule has 74 valence electrons. The van der Waals surface area contributed by atoms with Gasteiger partial charge in [-0.2, -0.15) is 0 Å². The Hall–Kier alpha value is -1.62. The minimum absolute atomic E-state index is 0.0138. The lowest BCUT2D eigenvalue weighted by molar-refractivity contribution is -0.384. The highest BCUT2D eigenvalue weighted by Crippen LogP contribution is 2.19. The number of rotatable bonds is 3. The minimum atomic E-state index is -0.643. The third-order valence-corrected chi connectivity index (χ3v) is 2.00. The number of primary amides is 1. The van der Waals surface area contributed by atoms with Crippen LogP contribution in [0.5, 0.6) is 0 Å². The van der Waals surface area contributed by atoms with Crippen molar-refractivity contribution in [2.75, 3.05) is 0 Å². The molecule has 0 atom stereocenters. The molecule has 5 nitrogen and oxygen atoms in total. The molecule has 6 heteroatoms. The molecule has 0 fully saturated rings. The van der Waals surface area contributed by atoms with Gasteiger partial charge in [0.25, 0.3) is 5.69 Å². The van der Waals surface area contributed by atoms with Crippen molar-refractivity contribution in [3.05, 3.63) is 39.4 Å². The summed E-state index contributed by atoms with van der Waals surface area (Å²) in [6.07, 6.45) is 0. The van der Waals surface area contributed by atoms with Crippen molar-refractivity contribution >= 4 is 23.2 Å². The molecule has 1 aromatic rings. The molecule has 0 aromatic heterocycles. The van der Waals surface area contributed by atoms with E-state index in [1.807, 2.05) is 0 Å². The van der Waals surface area contributed by atoms with Crippen LogP contribution in [0.15, 0.2) is 18.2 Å². The maximum atomic E-state index is 10.9. The highest BCUT2D eigenvalue weighted by atomic mass is 35.5. The standard InChI is InChI=1S/C8H7ClN2O3/c9-4-5-3-6(11(13)14)1-2-7(5)8(10)12/h1-3H,4H2,(H2,10,12). The molecule has 0 saturated carbocycles. The number of nitrogens with zero attached hydrogens (tertiary/aromatic N) is 1. The Morgan fingerprint density at radius 1 is 1.57 bits per heavy atom. The normalized spacial score (nSPS) is 9.79. The van der Waals surface area contributed by atoms with Gasteiger partial charge in [-0.15, -0.1) is 11.6 Å². The molecular formula is C8H7ClN2O3. The Kier molecular flexibility index (Phi) is 3.03. The number of nitrogens with two attached hydrogens (primary N) is 1. The number of hydrogen-bond donors (Lipinski definition) is 1. The van der Waals surface area contributed by atoms with E-state index in [0.717, 1.165) is 0 Å². The number of alkyl halides is 1. The number of benzene rings is 1. The van der Waals surface area contributed by atoms with Gasteiger partial charge >= 0.3 is 0 Å². The average molecular weight is 215 g/mol. The third kappa shape index (κ3) is 2.00. The van der Waals surface area contributed by atoms with E-state index in [4.69, 9.17) is 17.3 Å². The second-order valence-electron chi connectivity index (χ2n) is 2.60. The van der Waals surface area contributed by atoms with Crippen LogP contribution in [0.2, 0.25) is 0 Å². The number of hydrogen-bond acceptors (Lipinski definition) is 3. The quantitative estimate of drug-likeness (QED) is 0.469. The fraction of sp³-hybridized carbons (Fsp3) is 0.125. The largest absolute Gasteiger partial charge is 0.366 e. The molecule has 0 heterocycles. The first-order valence-electron chi connectivity index (χ1n) is 3.69. The smallest absolute Gasteiger partial charge is 0.269 e. The first kappa shape index (κ1) is 10.5. The molecule has 0 radical (unpaired) electrons. The van der Waals surface area contributed by atoms with Gasteiger partial charge in [0.05, 0.1) is 4.92 Å². The summed E-state index contributed by atoms with van der Waals surface area (Å²) in [5, 5.41) is 10.4. The maximum absolute atomic E-state index is 10.9. The molecule has 0 aliphatic heterocycles. The van der Waals surface area contributed by atoms with E-state index in [1.165, 1.54) is 18.2 Å². The van der Waals surface area contributed by atoms with Gasteiger partial charge in [-0.05, 0) is 11.6 Å². The molecule has 1 rings (SSSR count). The Morgan fingerprint density at radius 3 is 2.64 bits per heavy atom. The topological polar surface area (TPSA) is 86.2 Å². The van der Waals surface area contributed by atoms with Crippen LogP contribution in [0, 0.1) is 10.1 Å². The zero-order valence-electron chi connectivity index (χ0n) is 7.07. The zero-order chi connectivity index (χ0) is 10.7. The van der Waals surface area contributed by atoms with Crippen LogP contribution >= 0.6 is 11.6 Å². The number of amides is 1. The van der Waals surface area contributed by atoms with E-state index in [2.05, 4.69) is 0 Å². The summed E-state index contributed by atoms with van der Waals surface area (Å²) in [6, 6.07) is 3.77. The average Bonchev–Trinajstić information content (AvgIpc) is 2.16. The fourth-order valence-corrected chi connectivity index (χ4v) is 1.27. The molecule has 0 aliphatic rings. The van der Waals surface area contributed by atoms with Crippen molar-refractivity contribution in [3.8, 4) is 0 Å². The minimum Gasteiger partial charge on any atom is -0.366 e. The van der Waals surface area contributed by atoms with E-state index in [9.17, 15) is 14.9 Å². The Balaban J connectivity index is 3.25. The van der Waals surface area contributed by atoms with Gasteiger partial charge in [0.15, 0.2) is 0 Å². The zero-order valence-corrected chi connectivity index (χ0v) is 7.82. The molecule has 2 N–H and O–H groups in total. The van der Waals surface area contributed by atoms with Gasteiger partial charge in [0.1, 0.15) is 0 Å². The lowest BCUT2D eigenvalue weighted by Gasteiger charge is -2.02. The molecule has 0 saturated heterocycles. The van der Waals surface area contributed by atoms with Crippen molar-refractivity contribution in [2.45, 2.75) is 5.88 Å².